The van der Waals surface area contributed by atoms with Crippen molar-refractivity contribution in [1.82, 2.24) is 0 Å². The first kappa shape index (κ1) is 23.5. The van der Waals surface area contributed by atoms with Crippen molar-refractivity contribution >= 4 is 5.97 Å². The maximum Gasteiger partial charge on any atom is 0.335 e. The minimum Gasteiger partial charge on any atom is -0.490 e. The molecular weight excluding hydrogens is 364 g/mol. The van der Waals surface area contributed by atoms with Crippen molar-refractivity contribution in [2.45, 2.75) is 77.6 Å². The van der Waals surface area contributed by atoms with Gasteiger partial charge in [-0.2, -0.15) is 0 Å². The molecular formula is C25H38O4. The zero-order chi connectivity index (χ0) is 21.1. The van der Waals surface area contributed by atoms with Crippen LogP contribution in [0.2, 0.25) is 0 Å². The number of carbonyl (C=O) groups is 1. The molecule has 0 saturated heterocycles. The molecule has 0 aromatic heterocycles. The first-order valence-electron chi connectivity index (χ1n) is 11.3. The van der Waals surface area contributed by atoms with Gasteiger partial charge in [-0.3, -0.25) is 0 Å². The van der Waals surface area contributed by atoms with Crippen molar-refractivity contribution in [2.75, 3.05) is 19.8 Å². The van der Waals surface area contributed by atoms with Gasteiger partial charge in [-0.1, -0.05) is 52.2 Å². The first-order chi connectivity index (χ1) is 14.1. The van der Waals surface area contributed by atoms with E-state index in [1.54, 1.807) is 0 Å². The van der Waals surface area contributed by atoms with Gasteiger partial charge in [0.1, 0.15) is 19.0 Å². The fraction of sp³-hybridized carbons (Fsp3) is 0.640. The minimum absolute atomic E-state index is 0.0581. The van der Waals surface area contributed by atoms with Gasteiger partial charge in [0, 0.05) is 0 Å². The Labute approximate surface area is 176 Å². The number of hydrogen-bond donors (Lipinski definition) is 1. The smallest absolute Gasteiger partial charge is 0.335 e. The Balaban J connectivity index is 1.82. The lowest BCUT2D eigenvalue weighted by Crippen LogP contribution is -2.16. The van der Waals surface area contributed by atoms with Gasteiger partial charge in [-0.25, -0.2) is 4.79 Å². The Morgan fingerprint density at radius 2 is 1.90 bits per heavy atom. The summed E-state index contributed by atoms with van der Waals surface area (Å²) in [6, 6.07) is 6.41. The number of unbranched alkanes of at least 4 members (excludes halogenated alkanes) is 2. The summed E-state index contributed by atoms with van der Waals surface area (Å²) in [6.07, 6.45) is 11.8. The molecule has 29 heavy (non-hydrogen) atoms. The molecule has 162 valence electrons. The van der Waals surface area contributed by atoms with Crippen LogP contribution in [0, 0.1) is 5.92 Å². The highest BCUT2D eigenvalue weighted by molar-refractivity contribution is 5.87. The number of ether oxygens (including phenoxy) is 2. The summed E-state index contributed by atoms with van der Waals surface area (Å²) in [5.41, 5.74) is 2.91. The van der Waals surface area contributed by atoms with Gasteiger partial charge in [0.05, 0.1) is 12.2 Å². The van der Waals surface area contributed by atoms with E-state index >= 15 is 0 Å². The molecule has 0 amide bonds. The Hall–Kier alpha value is -1.81. The monoisotopic (exact) mass is 402 g/mol. The van der Waals surface area contributed by atoms with Gasteiger partial charge in [0.25, 0.3) is 0 Å². The van der Waals surface area contributed by atoms with Crippen LogP contribution < -0.4 is 4.74 Å². The molecule has 0 radical (unpaired) electrons. The number of aryl methyl sites for hydroxylation is 1. The Morgan fingerprint density at radius 1 is 1.14 bits per heavy atom. The van der Waals surface area contributed by atoms with E-state index in [9.17, 15) is 4.79 Å². The van der Waals surface area contributed by atoms with Gasteiger partial charge in [0.2, 0.25) is 0 Å². The molecule has 1 N–H and O–H groups in total. The normalized spacial score (nSPS) is 19.0. The second-order valence-electron chi connectivity index (χ2n) is 8.17. The third-order valence-electron chi connectivity index (χ3n) is 6.06. The number of hydrogen-bond acceptors (Lipinski definition) is 4. The van der Waals surface area contributed by atoms with Crippen molar-refractivity contribution < 1.29 is 19.4 Å². The quantitative estimate of drug-likeness (QED) is 0.282. The Morgan fingerprint density at radius 3 is 2.55 bits per heavy atom. The van der Waals surface area contributed by atoms with Crippen molar-refractivity contribution in [3.63, 3.8) is 0 Å². The summed E-state index contributed by atoms with van der Waals surface area (Å²) in [7, 11) is 0. The van der Waals surface area contributed by atoms with Crippen LogP contribution in [0.4, 0.5) is 0 Å². The average molecular weight is 403 g/mol. The molecule has 4 heteroatoms. The third kappa shape index (κ3) is 7.50. The van der Waals surface area contributed by atoms with Crippen molar-refractivity contribution in [2.24, 2.45) is 5.92 Å². The van der Waals surface area contributed by atoms with E-state index in [1.165, 1.54) is 62.5 Å². The molecule has 1 aromatic rings. The summed E-state index contributed by atoms with van der Waals surface area (Å²) in [5.74, 6) is 1.84. The molecule has 1 aliphatic carbocycles. The van der Waals surface area contributed by atoms with Gasteiger partial charge < -0.3 is 14.6 Å². The number of esters is 1. The SMILES string of the molecule is C=C(CO)C(=O)OCCOc1ccc(C2CCC(CCCCC)CC2)c(CC)c1. The van der Waals surface area contributed by atoms with Crippen LogP contribution >= 0.6 is 0 Å². The molecule has 1 aliphatic rings. The maximum absolute atomic E-state index is 11.5. The summed E-state index contributed by atoms with van der Waals surface area (Å²) >= 11 is 0. The van der Waals surface area contributed by atoms with E-state index in [2.05, 4.69) is 32.6 Å². The number of rotatable bonds is 12. The molecule has 1 saturated carbocycles. The average Bonchev–Trinajstić information content (AvgIpc) is 2.76. The standard InChI is InChI=1S/C25H38O4/c1-4-6-7-8-20-9-11-22(12-10-20)24-14-13-23(17-21(24)5-2)28-15-16-29-25(27)19(3)18-26/h13-14,17,20,22,26H,3-12,15-16,18H2,1-2H3. The van der Waals surface area contributed by atoms with Crippen LogP contribution in [-0.4, -0.2) is 30.9 Å². The first-order valence-corrected chi connectivity index (χ1v) is 11.3. The molecule has 4 nitrogen and oxygen atoms in total. The van der Waals surface area contributed by atoms with Gasteiger partial charge >= 0.3 is 5.97 Å². The highest BCUT2D eigenvalue weighted by atomic mass is 16.6. The summed E-state index contributed by atoms with van der Waals surface area (Å²) in [5, 5.41) is 8.86. The third-order valence-corrected chi connectivity index (χ3v) is 6.06. The number of benzene rings is 1. The molecule has 1 fully saturated rings. The van der Waals surface area contributed by atoms with Gasteiger partial charge in [0.15, 0.2) is 0 Å². The number of aliphatic hydroxyl groups is 1. The molecule has 0 atom stereocenters. The molecule has 0 heterocycles. The van der Waals surface area contributed by atoms with E-state index in [4.69, 9.17) is 14.6 Å². The molecule has 0 unspecified atom stereocenters. The lowest BCUT2D eigenvalue weighted by atomic mass is 9.75. The summed E-state index contributed by atoms with van der Waals surface area (Å²) in [4.78, 5) is 11.5. The lowest BCUT2D eigenvalue weighted by molar-refractivity contribution is -0.140. The fourth-order valence-electron chi connectivity index (χ4n) is 4.28. The van der Waals surface area contributed by atoms with Crippen molar-refractivity contribution in [1.29, 1.82) is 0 Å². The highest BCUT2D eigenvalue weighted by Gasteiger charge is 2.23. The van der Waals surface area contributed by atoms with Crippen LogP contribution in [0.5, 0.6) is 5.75 Å². The van der Waals surface area contributed by atoms with E-state index in [-0.39, 0.29) is 25.4 Å². The van der Waals surface area contributed by atoms with Crippen LogP contribution in [0.1, 0.15) is 82.3 Å². The van der Waals surface area contributed by atoms with E-state index in [0.29, 0.717) is 5.92 Å². The molecule has 0 bridgehead atoms. The van der Waals surface area contributed by atoms with Crippen LogP contribution in [-0.2, 0) is 16.0 Å². The Bertz CT molecular complexity index is 644. The largest absolute Gasteiger partial charge is 0.490 e. The van der Waals surface area contributed by atoms with Crippen molar-refractivity contribution in [3.05, 3.63) is 41.5 Å². The van der Waals surface area contributed by atoms with Crippen LogP contribution in [0.25, 0.3) is 0 Å². The summed E-state index contributed by atoms with van der Waals surface area (Å²) in [6.45, 7) is 7.96. The predicted molar refractivity (Wildman–Crippen MR) is 117 cm³/mol. The zero-order valence-electron chi connectivity index (χ0n) is 18.3. The van der Waals surface area contributed by atoms with E-state index in [1.807, 2.05) is 6.07 Å². The fourth-order valence-corrected chi connectivity index (χ4v) is 4.28. The second kappa shape index (κ2) is 12.7. The van der Waals surface area contributed by atoms with Crippen LogP contribution in [0.15, 0.2) is 30.4 Å². The minimum atomic E-state index is -0.578. The van der Waals surface area contributed by atoms with E-state index in [0.717, 1.165) is 18.1 Å². The summed E-state index contributed by atoms with van der Waals surface area (Å²) < 4.78 is 10.8. The van der Waals surface area contributed by atoms with Crippen LogP contribution in [0.3, 0.4) is 0 Å². The zero-order valence-corrected chi connectivity index (χ0v) is 18.3. The maximum atomic E-state index is 11.5. The Kier molecular flexibility index (Phi) is 10.3. The lowest BCUT2D eigenvalue weighted by Gasteiger charge is -2.30. The number of aliphatic hydroxyl groups excluding tert-OH is 1. The van der Waals surface area contributed by atoms with Gasteiger partial charge in [-0.15, -0.1) is 0 Å². The molecule has 1 aromatic carbocycles. The molecule has 0 aliphatic heterocycles. The predicted octanol–water partition coefficient (Wildman–Crippen LogP) is 5.57. The van der Waals surface area contributed by atoms with E-state index < -0.39 is 5.97 Å². The molecule has 0 spiro atoms. The molecule has 2 rings (SSSR count). The van der Waals surface area contributed by atoms with Crippen molar-refractivity contribution in [3.8, 4) is 5.75 Å². The second-order valence-corrected chi connectivity index (χ2v) is 8.17. The topological polar surface area (TPSA) is 55.8 Å². The number of carbonyl (C=O) groups excluding carboxylic acids is 1. The highest BCUT2D eigenvalue weighted by Crippen LogP contribution is 2.39. The van der Waals surface area contributed by atoms with Gasteiger partial charge in [-0.05, 0) is 67.2 Å².